The van der Waals surface area contributed by atoms with Crippen LogP contribution in [0.15, 0.2) is 54.9 Å². The fourth-order valence-electron chi connectivity index (χ4n) is 2.21. The molecule has 3 rings (SSSR count). The molecule has 0 aliphatic heterocycles. The van der Waals surface area contributed by atoms with Gasteiger partial charge in [-0.25, -0.2) is 4.98 Å². The van der Waals surface area contributed by atoms with Crippen LogP contribution in [0.2, 0.25) is 0 Å². The van der Waals surface area contributed by atoms with Crippen LogP contribution in [0.4, 0.5) is 5.82 Å². The number of nitrogens with one attached hydrogen (secondary N) is 1. The van der Waals surface area contributed by atoms with Crippen molar-refractivity contribution in [1.29, 1.82) is 0 Å². The summed E-state index contributed by atoms with van der Waals surface area (Å²) in [5.74, 6) is 0.964. The molecule has 116 valence electrons. The van der Waals surface area contributed by atoms with Gasteiger partial charge in [-0.15, -0.1) is 10.2 Å². The lowest BCUT2D eigenvalue weighted by Crippen LogP contribution is -2.13. The maximum Gasteiger partial charge on any atom is 0.256 e. The van der Waals surface area contributed by atoms with Crippen molar-refractivity contribution in [3.05, 3.63) is 60.4 Å². The molecule has 3 aromatic rings. The lowest BCUT2D eigenvalue weighted by atomic mass is 10.2. The van der Waals surface area contributed by atoms with Crippen molar-refractivity contribution < 1.29 is 4.79 Å². The van der Waals surface area contributed by atoms with Crippen LogP contribution in [-0.4, -0.2) is 25.7 Å². The van der Waals surface area contributed by atoms with E-state index in [4.69, 9.17) is 0 Å². The average molecular weight is 307 g/mol. The first-order valence-corrected chi connectivity index (χ1v) is 7.38. The fraction of sp³-hybridized carbons (Fsp3) is 0.176. The molecule has 0 radical (unpaired) electrons. The fourth-order valence-corrected chi connectivity index (χ4v) is 2.21. The molecule has 1 aromatic carbocycles. The van der Waals surface area contributed by atoms with E-state index in [1.807, 2.05) is 48.7 Å². The smallest absolute Gasteiger partial charge is 0.256 e. The van der Waals surface area contributed by atoms with Gasteiger partial charge in [0.2, 0.25) is 0 Å². The lowest BCUT2D eigenvalue weighted by Gasteiger charge is -2.10. The highest BCUT2D eigenvalue weighted by Crippen LogP contribution is 2.19. The number of hydrogen-bond acceptors (Lipinski definition) is 4. The van der Waals surface area contributed by atoms with Crippen LogP contribution in [0.5, 0.6) is 0 Å². The number of carbonyl (C=O) groups is 1. The Labute approximate surface area is 134 Å². The van der Waals surface area contributed by atoms with Gasteiger partial charge in [-0.2, -0.15) is 0 Å². The number of anilines is 1. The number of nitrogens with zero attached hydrogens (tertiary/aromatic N) is 4. The molecule has 0 fully saturated rings. The lowest BCUT2D eigenvalue weighted by molar-refractivity contribution is 0.102. The molecule has 23 heavy (non-hydrogen) atoms. The average Bonchev–Trinajstić information content (AvgIpc) is 3.06. The summed E-state index contributed by atoms with van der Waals surface area (Å²) < 4.78 is 1.94. The second-order valence-corrected chi connectivity index (χ2v) is 5.38. The van der Waals surface area contributed by atoms with E-state index in [1.54, 1.807) is 24.5 Å². The van der Waals surface area contributed by atoms with E-state index in [1.165, 1.54) is 0 Å². The molecule has 0 saturated carbocycles. The predicted molar refractivity (Wildman–Crippen MR) is 88.0 cm³/mol. The third kappa shape index (κ3) is 3.26. The molecule has 0 atom stereocenters. The summed E-state index contributed by atoms with van der Waals surface area (Å²) in [7, 11) is 0. The van der Waals surface area contributed by atoms with Crippen LogP contribution >= 0.6 is 0 Å². The minimum absolute atomic E-state index is 0.194. The zero-order valence-corrected chi connectivity index (χ0v) is 13.0. The molecule has 1 N–H and O–H groups in total. The Bertz CT molecular complexity index is 811. The van der Waals surface area contributed by atoms with E-state index in [0.717, 1.165) is 0 Å². The summed E-state index contributed by atoms with van der Waals surface area (Å²) in [6.45, 7) is 4.10. The number of carbonyl (C=O) groups excluding carboxylic acids is 1. The first kappa shape index (κ1) is 14.9. The Kier molecular flexibility index (Phi) is 4.14. The van der Waals surface area contributed by atoms with Crippen LogP contribution in [-0.2, 0) is 0 Å². The van der Waals surface area contributed by atoms with Crippen LogP contribution < -0.4 is 5.32 Å². The molecule has 2 aromatic heterocycles. The molecule has 0 bridgehead atoms. The van der Waals surface area contributed by atoms with Crippen LogP contribution in [0.25, 0.3) is 11.5 Å². The molecule has 0 unspecified atom stereocenters. The number of amides is 1. The van der Waals surface area contributed by atoms with Gasteiger partial charge in [0.15, 0.2) is 5.82 Å². The summed E-state index contributed by atoms with van der Waals surface area (Å²) in [5.41, 5.74) is 1.26. The van der Waals surface area contributed by atoms with E-state index in [9.17, 15) is 4.79 Å². The number of aromatic nitrogens is 4. The maximum atomic E-state index is 12.2. The highest BCUT2D eigenvalue weighted by Gasteiger charge is 2.12. The second-order valence-electron chi connectivity index (χ2n) is 5.38. The van der Waals surface area contributed by atoms with Gasteiger partial charge >= 0.3 is 0 Å². The Morgan fingerprint density at radius 2 is 1.87 bits per heavy atom. The third-order valence-electron chi connectivity index (χ3n) is 3.39. The van der Waals surface area contributed by atoms with Gasteiger partial charge in [-0.3, -0.25) is 4.79 Å². The summed E-state index contributed by atoms with van der Waals surface area (Å²) >= 11 is 0. The first-order valence-electron chi connectivity index (χ1n) is 7.38. The first-order chi connectivity index (χ1) is 11.1. The van der Waals surface area contributed by atoms with E-state index in [2.05, 4.69) is 20.5 Å². The molecule has 6 nitrogen and oxygen atoms in total. The monoisotopic (exact) mass is 307 g/mol. The minimum Gasteiger partial charge on any atom is -0.310 e. The van der Waals surface area contributed by atoms with Crippen molar-refractivity contribution in [1.82, 2.24) is 19.7 Å². The van der Waals surface area contributed by atoms with Gasteiger partial charge < -0.3 is 9.88 Å². The van der Waals surface area contributed by atoms with E-state index >= 15 is 0 Å². The van der Waals surface area contributed by atoms with Crippen molar-refractivity contribution in [2.24, 2.45) is 0 Å². The molecule has 0 aliphatic carbocycles. The van der Waals surface area contributed by atoms with Gasteiger partial charge in [0.25, 0.3) is 5.91 Å². The molecule has 0 spiro atoms. The van der Waals surface area contributed by atoms with Crippen LogP contribution in [0.1, 0.15) is 30.2 Å². The van der Waals surface area contributed by atoms with Gasteiger partial charge in [0, 0.05) is 11.6 Å². The summed E-state index contributed by atoms with van der Waals surface area (Å²) in [6, 6.07) is 14.7. The molecular formula is C17H17N5O. The van der Waals surface area contributed by atoms with Crippen molar-refractivity contribution in [3.63, 3.8) is 0 Å². The van der Waals surface area contributed by atoms with Gasteiger partial charge in [0.1, 0.15) is 17.8 Å². The largest absolute Gasteiger partial charge is 0.310 e. The topological polar surface area (TPSA) is 72.7 Å². The van der Waals surface area contributed by atoms with Crippen molar-refractivity contribution in [3.8, 4) is 11.5 Å². The molecule has 1 amide bonds. The van der Waals surface area contributed by atoms with E-state index in [0.29, 0.717) is 22.9 Å². The molecular weight excluding hydrogens is 290 g/mol. The number of rotatable bonds is 4. The Morgan fingerprint density at radius 3 is 2.61 bits per heavy atom. The summed E-state index contributed by atoms with van der Waals surface area (Å²) in [5, 5.41) is 10.9. The quantitative estimate of drug-likeness (QED) is 0.803. The maximum absolute atomic E-state index is 12.2. The third-order valence-corrected chi connectivity index (χ3v) is 3.39. The Hall–Kier alpha value is -3.02. The highest BCUT2D eigenvalue weighted by atomic mass is 16.1. The standard InChI is InChI=1S/C17H17N5O/c1-12(2)22-11-18-21-16(22)14-9-6-10-15(19-14)20-17(23)13-7-4-3-5-8-13/h3-12H,1-2H3,(H,19,20,23). The van der Waals surface area contributed by atoms with Crippen molar-refractivity contribution in [2.75, 3.05) is 5.32 Å². The molecule has 6 heteroatoms. The number of hydrogen-bond donors (Lipinski definition) is 1. The van der Waals surface area contributed by atoms with Crippen molar-refractivity contribution >= 4 is 11.7 Å². The van der Waals surface area contributed by atoms with E-state index in [-0.39, 0.29) is 11.9 Å². The van der Waals surface area contributed by atoms with Gasteiger partial charge in [0.05, 0.1) is 0 Å². The zero-order chi connectivity index (χ0) is 16.2. The van der Waals surface area contributed by atoms with E-state index < -0.39 is 0 Å². The van der Waals surface area contributed by atoms with Gasteiger partial charge in [-0.1, -0.05) is 24.3 Å². The molecule has 2 heterocycles. The molecule has 0 aliphatic rings. The van der Waals surface area contributed by atoms with Crippen LogP contribution in [0.3, 0.4) is 0 Å². The number of benzene rings is 1. The zero-order valence-electron chi connectivity index (χ0n) is 13.0. The van der Waals surface area contributed by atoms with Crippen molar-refractivity contribution in [2.45, 2.75) is 19.9 Å². The minimum atomic E-state index is -0.194. The second kappa shape index (κ2) is 6.39. The van der Waals surface area contributed by atoms with Crippen LogP contribution in [0, 0.1) is 0 Å². The highest BCUT2D eigenvalue weighted by molar-refractivity contribution is 6.03. The predicted octanol–water partition coefficient (Wildman–Crippen LogP) is 3.17. The SMILES string of the molecule is CC(C)n1cnnc1-c1cccc(NC(=O)c2ccccc2)n1. The normalized spacial score (nSPS) is 10.7. The number of pyridine rings is 1. The molecule has 0 saturated heterocycles. The Morgan fingerprint density at radius 1 is 1.09 bits per heavy atom. The van der Waals surface area contributed by atoms with Gasteiger partial charge in [-0.05, 0) is 38.1 Å². The summed E-state index contributed by atoms with van der Waals surface area (Å²) in [4.78, 5) is 16.7. The Balaban J connectivity index is 1.86. The summed E-state index contributed by atoms with van der Waals surface area (Å²) in [6.07, 6.45) is 1.68.